The van der Waals surface area contributed by atoms with Gasteiger partial charge in [-0.05, 0) is 26.0 Å². The first-order valence-electron chi connectivity index (χ1n) is 5.87. The molecule has 0 radical (unpaired) electrons. The van der Waals surface area contributed by atoms with Gasteiger partial charge < -0.3 is 9.84 Å². The first-order valence-corrected chi connectivity index (χ1v) is 7.52. The Bertz CT molecular complexity index is 586. The minimum Gasteiger partial charge on any atom is -0.478 e. The smallest absolute Gasteiger partial charge is 0.340 e. The number of anilines is 1. The van der Waals surface area contributed by atoms with Crippen LogP contribution in [0.4, 0.5) is 10.1 Å². The van der Waals surface area contributed by atoms with E-state index in [1.54, 1.807) is 13.8 Å². The number of carbonyl (C=O) groups is 1. The Kier molecular flexibility index (Phi) is 5.46. The fourth-order valence-corrected chi connectivity index (χ4v) is 2.36. The lowest BCUT2D eigenvalue weighted by atomic mass is 10.2. The number of hydrogen-bond donors (Lipinski definition) is 2. The van der Waals surface area contributed by atoms with Crippen LogP contribution in [-0.4, -0.2) is 38.0 Å². The summed E-state index contributed by atoms with van der Waals surface area (Å²) in [6.07, 6.45) is -0.117. The van der Waals surface area contributed by atoms with Gasteiger partial charge in [0, 0.05) is 0 Å². The Balaban J connectivity index is 2.87. The summed E-state index contributed by atoms with van der Waals surface area (Å²) in [6, 6.07) is 3.36. The number of carboxylic acid groups (broad SMARTS) is 1. The number of rotatable bonds is 7. The molecular weight excluding hydrogens is 289 g/mol. The van der Waals surface area contributed by atoms with Crippen LogP contribution in [0.25, 0.3) is 0 Å². The van der Waals surface area contributed by atoms with Gasteiger partial charge in [0.1, 0.15) is 11.4 Å². The Morgan fingerprint density at radius 2 is 2.10 bits per heavy atom. The monoisotopic (exact) mass is 305 g/mol. The lowest BCUT2D eigenvalue weighted by Gasteiger charge is -2.12. The molecule has 0 unspecified atom stereocenters. The highest BCUT2D eigenvalue weighted by atomic mass is 32.2. The van der Waals surface area contributed by atoms with Gasteiger partial charge in [0.05, 0.1) is 24.2 Å². The fraction of sp³-hybridized carbons (Fsp3) is 0.417. The number of benzene rings is 1. The normalized spacial score (nSPS) is 11.6. The van der Waals surface area contributed by atoms with Crippen LogP contribution in [0.3, 0.4) is 0 Å². The zero-order valence-corrected chi connectivity index (χ0v) is 11.9. The largest absolute Gasteiger partial charge is 0.478 e. The van der Waals surface area contributed by atoms with Gasteiger partial charge in [-0.1, -0.05) is 6.07 Å². The van der Waals surface area contributed by atoms with Crippen LogP contribution < -0.4 is 4.72 Å². The minimum atomic E-state index is -3.81. The van der Waals surface area contributed by atoms with Crippen molar-refractivity contribution in [2.75, 3.05) is 17.1 Å². The number of hydrogen-bond acceptors (Lipinski definition) is 4. The highest BCUT2D eigenvalue weighted by Crippen LogP contribution is 2.20. The maximum absolute atomic E-state index is 13.4. The standard InChI is InChI=1S/C12H16FNO5S/c1-8(2)19-6-7-20(17,18)14-10-5-3-4-9(13)11(10)12(15)16/h3-5,8,14H,6-7H2,1-2H3,(H,15,16). The van der Waals surface area contributed by atoms with Gasteiger partial charge in [-0.3, -0.25) is 4.72 Å². The van der Waals surface area contributed by atoms with Crippen molar-refractivity contribution in [3.05, 3.63) is 29.6 Å². The number of ether oxygens (including phenoxy) is 1. The molecule has 112 valence electrons. The Morgan fingerprint density at radius 3 is 2.65 bits per heavy atom. The predicted molar refractivity (Wildman–Crippen MR) is 71.9 cm³/mol. The van der Waals surface area contributed by atoms with E-state index in [-0.39, 0.29) is 24.2 Å². The molecule has 1 aromatic carbocycles. The van der Waals surface area contributed by atoms with E-state index in [2.05, 4.69) is 4.72 Å². The Morgan fingerprint density at radius 1 is 1.45 bits per heavy atom. The van der Waals surface area contributed by atoms with Crippen LogP contribution in [0.15, 0.2) is 18.2 Å². The van der Waals surface area contributed by atoms with Crippen molar-refractivity contribution in [1.29, 1.82) is 0 Å². The third-order valence-corrected chi connectivity index (χ3v) is 3.53. The first-order chi connectivity index (χ1) is 9.23. The summed E-state index contributed by atoms with van der Waals surface area (Å²) in [4.78, 5) is 10.9. The van der Waals surface area contributed by atoms with Crippen molar-refractivity contribution in [3.8, 4) is 0 Å². The van der Waals surface area contributed by atoms with E-state index in [4.69, 9.17) is 9.84 Å². The van der Waals surface area contributed by atoms with E-state index in [0.29, 0.717) is 0 Å². The van der Waals surface area contributed by atoms with E-state index >= 15 is 0 Å². The van der Waals surface area contributed by atoms with Gasteiger partial charge in [0.2, 0.25) is 10.0 Å². The van der Waals surface area contributed by atoms with E-state index in [1.807, 2.05) is 0 Å². The second-order valence-electron chi connectivity index (χ2n) is 4.31. The van der Waals surface area contributed by atoms with Gasteiger partial charge >= 0.3 is 5.97 Å². The molecule has 0 aliphatic carbocycles. The van der Waals surface area contributed by atoms with E-state index in [9.17, 15) is 17.6 Å². The van der Waals surface area contributed by atoms with Crippen LogP contribution in [0.1, 0.15) is 24.2 Å². The molecule has 0 amide bonds. The summed E-state index contributed by atoms with van der Waals surface area (Å²) < 4.78 is 44.1. The number of sulfonamides is 1. The second kappa shape index (κ2) is 6.67. The maximum Gasteiger partial charge on any atom is 0.340 e. The van der Waals surface area contributed by atoms with Crippen LogP contribution >= 0.6 is 0 Å². The molecule has 6 nitrogen and oxygen atoms in total. The van der Waals surface area contributed by atoms with Crippen molar-refractivity contribution < 1.29 is 27.4 Å². The van der Waals surface area contributed by atoms with Crippen LogP contribution in [-0.2, 0) is 14.8 Å². The summed E-state index contributed by atoms with van der Waals surface area (Å²) in [5.41, 5.74) is -1.01. The van der Waals surface area contributed by atoms with Crippen LogP contribution in [0, 0.1) is 5.82 Å². The van der Waals surface area contributed by atoms with Crippen molar-refractivity contribution in [3.63, 3.8) is 0 Å². The molecule has 0 saturated carbocycles. The molecule has 0 bridgehead atoms. The third kappa shape index (κ3) is 4.78. The van der Waals surface area contributed by atoms with Crippen molar-refractivity contribution in [2.24, 2.45) is 0 Å². The molecule has 0 spiro atoms. The maximum atomic E-state index is 13.4. The topological polar surface area (TPSA) is 92.7 Å². The lowest BCUT2D eigenvalue weighted by molar-refractivity contribution is 0.0693. The van der Waals surface area contributed by atoms with Crippen molar-refractivity contribution >= 4 is 21.7 Å². The first kappa shape index (κ1) is 16.4. The highest BCUT2D eigenvalue weighted by Gasteiger charge is 2.19. The summed E-state index contributed by atoms with van der Waals surface area (Å²) in [5.74, 6) is -2.89. The zero-order chi connectivity index (χ0) is 15.3. The molecule has 1 rings (SSSR count). The summed E-state index contributed by atoms with van der Waals surface area (Å²) >= 11 is 0. The molecular formula is C12H16FNO5S. The number of nitrogens with one attached hydrogen (secondary N) is 1. The molecule has 2 N–H and O–H groups in total. The molecule has 1 aromatic rings. The van der Waals surface area contributed by atoms with Crippen LogP contribution in [0.5, 0.6) is 0 Å². The Hall–Kier alpha value is -1.67. The Labute approximate surface area is 116 Å². The lowest BCUT2D eigenvalue weighted by Crippen LogP contribution is -2.23. The molecule has 0 aromatic heterocycles. The molecule has 0 atom stereocenters. The summed E-state index contributed by atoms with van der Waals surface area (Å²) in [7, 11) is -3.81. The summed E-state index contributed by atoms with van der Waals surface area (Å²) in [6.45, 7) is 3.48. The molecule has 0 heterocycles. The molecule has 0 aliphatic heterocycles. The second-order valence-corrected chi connectivity index (χ2v) is 6.15. The van der Waals surface area contributed by atoms with Gasteiger partial charge in [0.15, 0.2) is 0 Å². The molecule has 0 fully saturated rings. The van der Waals surface area contributed by atoms with Crippen molar-refractivity contribution in [2.45, 2.75) is 20.0 Å². The average molecular weight is 305 g/mol. The van der Waals surface area contributed by atoms with E-state index in [1.165, 1.54) is 12.1 Å². The number of aromatic carboxylic acids is 1. The fourth-order valence-electron chi connectivity index (χ4n) is 1.44. The molecule has 8 heteroatoms. The quantitative estimate of drug-likeness (QED) is 0.799. The summed E-state index contributed by atoms with van der Waals surface area (Å²) in [5, 5.41) is 8.89. The minimum absolute atomic E-state index is 0.0370. The SMILES string of the molecule is CC(C)OCCS(=O)(=O)Nc1cccc(F)c1C(=O)O. The average Bonchev–Trinajstić information content (AvgIpc) is 2.26. The molecule has 0 aliphatic rings. The van der Waals surface area contributed by atoms with Gasteiger partial charge in [-0.25, -0.2) is 17.6 Å². The number of carboxylic acids is 1. The zero-order valence-electron chi connectivity index (χ0n) is 11.1. The van der Waals surface area contributed by atoms with Crippen LogP contribution in [0.2, 0.25) is 0 Å². The van der Waals surface area contributed by atoms with E-state index in [0.717, 1.165) is 6.07 Å². The third-order valence-electron chi connectivity index (χ3n) is 2.30. The van der Waals surface area contributed by atoms with Gasteiger partial charge in [-0.2, -0.15) is 0 Å². The van der Waals surface area contributed by atoms with Gasteiger partial charge in [-0.15, -0.1) is 0 Å². The van der Waals surface area contributed by atoms with Gasteiger partial charge in [0.25, 0.3) is 0 Å². The van der Waals surface area contributed by atoms with E-state index < -0.39 is 27.4 Å². The van der Waals surface area contributed by atoms with Crippen molar-refractivity contribution in [1.82, 2.24) is 0 Å². The molecule has 20 heavy (non-hydrogen) atoms. The molecule has 0 saturated heterocycles. The number of halogens is 1. The predicted octanol–water partition coefficient (Wildman–Crippen LogP) is 1.69. The highest BCUT2D eigenvalue weighted by molar-refractivity contribution is 7.92.